The third kappa shape index (κ3) is 6.99. The molecule has 1 aliphatic carbocycles. The summed E-state index contributed by atoms with van der Waals surface area (Å²) in [6.45, 7) is 4.66. The quantitative estimate of drug-likeness (QED) is 0.225. The van der Waals surface area contributed by atoms with Crippen molar-refractivity contribution in [3.05, 3.63) is 68.9 Å². The highest BCUT2D eigenvalue weighted by molar-refractivity contribution is 6.31. The van der Waals surface area contributed by atoms with Gasteiger partial charge < -0.3 is 19.4 Å². The van der Waals surface area contributed by atoms with Crippen molar-refractivity contribution in [1.29, 1.82) is 0 Å². The summed E-state index contributed by atoms with van der Waals surface area (Å²) >= 11 is 6.09. The van der Waals surface area contributed by atoms with Gasteiger partial charge in [0.05, 0.1) is 17.1 Å². The van der Waals surface area contributed by atoms with E-state index >= 15 is 0 Å². The van der Waals surface area contributed by atoms with Crippen LogP contribution in [0.2, 0.25) is 5.02 Å². The molecule has 0 radical (unpaired) electrons. The first-order valence-electron chi connectivity index (χ1n) is 13.9. The lowest BCUT2D eigenvalue weighted by Gasteiger charge is -2.37. The first-order valence-corrected chi connectivity index (χ1v) is 14.3. The van der Waals surface area contributed by atoms with Crippen LogP contribution in [0.25, 0.3) is 11.0 Å². The number of halogens is 4. The Morgan fingerprint density at radius 2 is 1.83 bits per heavy atom. The normalized spacial score (nSPS) is 20.9. The number of rotatable bonds is 8. The highest BCUT2D eigenvalue weighted by Gasteiger charge is 2.38. The zero-order valence-corrected chi connectivity index (χ0v) is 23.8. The van der Waals surface area contributed by atoms with Crippen molar-refractivity contribution >= 4 is 39.9 Å². The fraction of sp³-hybridized carbons (Fsp3) is 0.483. The van der Waals surface area contributed by atoms with Gasteiger partial charge >= 0.3 is 6.18 Å². The van der Waals surface area contributed by atoms with Gasteiger partial charge in [0.15, 0.2) is 0 Å². The largest absolute Gasteiger partial charge is 0.459 e. The third-order valence-electron chi connectivity index (χ3n) is 8.11. The third-order valence-corrected chi connectivity index (χ3v) is 8.35. The molecule has 1 saturated heterocycles. The second-order valence-corrected chi connectivity index (χ2v) is 11.3. The lowest BCUT2D eigenvalue weighted by Crippen LogP contribution is -2.50. The lowest BCUT2D eigenvalue weighted by molar-refractivity contribution is -0.388. The van der Waals surface area contributed by atoms with Crippen LogP contribution in [0.5, 0.6) is 0 Å². The molecule has 1 N–H and O–H groups in total. The van der Waals surface area contributed by atoms with Gasteiger partial charge in [-0.25, -0.2) is 0 Å². The number of ether oxygens (including phenoxy) is 1. The van der Waals surface area contributed by atoms with E-state index in [0.717, 1.165) is 28.9 Å². The maximum absolute atomic E-state index is 13.3. The van der Waals surface area contributed by atoms with E-state index < -0.39 is 22.4 Å². The molecule has 1 aromatic heterocycles. The van der Waals surface area contributed by atoms with Crippen molar-refractivity contribution in [2.45, 2.75) is 57.0 Å². The molecule has 2 heterocycles. The molecule has 5 rings (SSSR count). The summed E-state index contributed by atoms with van der Waals surface area (Å²) in [4.78, 5) is 26.9. The van der Waals surface area contributed by atoms with E-state index in [9.17, 15) is 28.1 Å². The Labute approximate surface area is 245 Å². The minimum atomic E-state index is -4.83. The number of hydrogen-bond acceptors (Lipinski definition) is 7. The first kappa shape index (κ1) is 30.1. The number of carbonyl (C=O) groups excluding carboxylic acids is 1. The van der Waals surface area contributed by atoms with E-state index in [-0.39, 0.29) is 36.4 Å². The van der Waals surface area contributed by atoms with Crippen LogP contribution in [0.15, 0.2) is 46.9 Å². The van der Waals surface area contributed by atoms with Gasteiger partial charge in [0.25, 0.3) is 5.69 Å². The van der Waals surface area contributed by atoms with E-state index in [4.69, 9.17) is 20.8 Å². The Kier molecular flexibility index (Phi) is 8.95. The van der Waals surface area contributed by atoms with E-state index in [0.29, 0.717) is 56.9 Å². The Morgan fingerprint density at radius 3 is 2.50 bits per heavy atom. The van der Waals surface area contributed by atoms with Gasteiger partial charge in [0.2, 0.25) is 5.91 Å². The predicted molar refractivity (Wildman–Crippen MR) is 152 cm³/mol. The summed E-state index contributed by atoms with van der Waals surface area (Å²) in [6.07, 6.45) is -2.36. The van der Waals surface area contributed by atoms with E-state index in [2.05, 4.69) is 17.1 Å². The highest BCUT2D eigenvalue weighted by atomic mass is 35.5. The molecule has 2 aromatic carbocycles. The highest BCUT2D eigenvalue weighted by Crippen LogP contribution is 2.38. The summed E-state index contributed by atoms with van der Waals surface area (Å²) in [5.74, 6) is 0.793. The summed E-state index contributed by atoms with van der Waals surface area (Å²) < 4.78 is 51.8. The molecule has 13 heteroatoms. The molecule has 0 bridgehead atoms. The number of alkyl halides is 3. The molecule has 2 fully saturated rings. The van der Waals surface area contributed by atoms with Crippen LogP contribution in [0, 0.1) is 10.1 Å². The molecule has 3 aromatic rings. The summed E-state index contributed by atoms with van der Waals surface area (Å²) in [5, 5.41) is 15.7. The summed E-state index contributed by atoms with van der Waals surface area (Å²) in [5.41, 5.74) is -1.27. The molecule has 1 aliphatic heterocycles. The minimum Gasteiger partial charge on any atom is -0.459 e. The van der Waals surface area contributed by atoms with Crippen molar-refractivity contribution in [3.8, 4) is 0 Å². The molecule has 9 nitrogen and oxygen atoms in total. The van der Waals surface area contributed by atoms with Gasteiger partial charge in [-0.15, -0.1) is 0 Å². The number of nitrogens with one attached hydrogen (secondary N) is 1. The van der Waals surface area contributed by atoms with Gasteiger partial charge in [-0.2, -0.15) is 13.2 Å². The van der Waals surface area contributed by atoms with Crippen LogP contribution in [0.3, 0.4) is 0 Å². The number of carbonyl (C=O) groups is 1. The molecule has 1 unspecified atom stereocenters. The average molecular weight is 609 g/mol. The fourth-order valence-electron chi connectivity index (χ4n) is 5.68. The van der Waals surface area contributed by atoms with Gasteiger partial charge in [-0.3, -0.25) is 19.8 Å². The van der Waals surface area contributed by atoms with Crippen molar-refractivity contribution in [2.24, 2.45) is 0 Å². The number of amides is 1. The molecule has 2 aliphatic rings. The first-order chi connectivity index (χ1) is 20.0. The Balaban J connectivity index is 1.04. The topological polar surface area (TPSA) is 101 Å². The average Bonchev–Trinajstić information content (AvgIpc) is 3.39. The number of fused-ring (bicyclic) bond motifs is 1. The van der Waals surface area contributed by atoms with Crippen LogP contribution in [-0.2, 0) is 15.7 Å². The van der Waals surface area contributed by atoms with Crippen molar-refractivity contribution in [2.75, 3.05) is 38.1 Å². The fourth-order valence-corrected chi connectivity index (χ4v) is 5.86. The Morgan fingerprint density at radius 1 is 1.12 bits per heavy atom. The van der Waals surface area contributed by atoms with Crippen LogP contribution in [-0.4, -0.2) is 65.6 Å². The van der Waals surface area contributed by atoms with E-state index in [1.54, 1.807) is 6.07 Å². The maximum atomic E-state index is 13.3. The second kappa shape index (κ2) is 12.5. The van der Waals surface area contributed by atoms with Gasteiger partial charge in [0.1, 0.15) is 23.5 Å². The molecule has 1 amide bonds. The maximum Gasteiger partial charge on any atom is 0.423 e. The van der Waals surface area contributed by atoms with E-state index in [1.807, 2.05) is 23.1 Å². The molecule has 226 valence electrons. The number of furan rings is 1. The van der Waals surface area contributed by atoms with Crippen LogP contribution in [0.4, 0.5) is 24.5 Å². The molecular weight excluding hydrogens is 577 g/mol. The summed E-state index contributed by atoms with van der Waals surface area (Å²) in [6, 6.07) is 10.5. The minimum absolute atomic E-state index is 0.0139. The standard InChI is InChI=1S/C29H32ClF3N4O5/c1-18(27-15-19-14-20(30)2-9-26(19)42-27)35-10-12-36(13-11-35)28(38)17-41-23-6-3-21(4-7-23)34-22-5-8-25(37(39)40)24(16-22)29(31,32)33/h2,5,8-9,14-16,18,21,23,34H,3-4,6-7,10-13,17H2,1H3. The Bertz CT molecular complexity index is 1430. The zero-order valence-electron chi connectivity index (χ0n) is 23.0. The van der Waals surface area contributed by atoms with E-state index in [1.165, 1.54) is 6.07 Å². The molecule has 0 spiro atoms. The Hall–Kier alpha value is -3.35. The van der Waals surface area contributed by atoms with Crippen LogP contribution >= 0.6 is 11.6 Å². The van der Waals surface area contributed by atoms with Crippen LogP contribution in [0.1, 0.15) is 50.0 Å². The number of hydrogen-bond donors (Lipinski definition) is 1. The van der Waals surface area contributed by atoms with Crippen molar-refractivity contribution < 1.29 is 32.0 Å². The van der Waals surface area contributed by atoms with Gasteiger partial charge in [-0.1, -0.05) is 11.6 Å². The molecular formula is C29H32ClF3N4O5. The monoisotopic (exact) mass is 608 g/mol. The van der Waals surface area contributed by atoms with Gasteiger partial charge in [0, 0.05) is 54.4 Å². The number of piperazine rings is 1. The number of nitrogens with zero attached hydrogens (tertiary/aromatic N) is 3. The zero-order chi connectivity index (χ0) is 30.0. The van der Waals surface area contributed by atoms with Gasteiger partial charge in [-0.05, 0) is 69.0 Å². The smallest absolute Gasteiger partial charge is 0.423 e. The van der Waals surface area contributed by atoms with Crippen molar-refractivity contribution in [1.82, 2.24) is 9.80 Å². The number of benzene rings is 2. The second-order valence-electron chi connectivity index (χ2n) is 10.8. The molecule has 1 saturated carbocycles. The predicted octanol–water partition coefficient (Wildman–Crippen LogP) is 6.66. The number of anilines is 1. The van der Waals surface area contributed by atoms with Crippen molar-refractivity contribution in [3.63, 3.8) is 0 Å². The lowest BCUT2D eigenvalue weighted by atomic mass is 9.92. The molecule has 1 atom stereocenters. The number of nitro benzene ring substituents is 1. The summed E-state index contributed by atoms with van der Waals surface area (Å²) in [7, 11) is 0. The molecule has 42 heavy (non-hydrogen) atoms. The number of nitro groups is 1. The van der Waals surface area contributed by atoms with Crippen LogP contribution < -0.4 is 5.32 Å². The SMILES string of the molecule is CC(c1cc2cc(Cl)ccc2o1)N1CCN(C(=O)COC2CCC(Nc3ccc([N+](=O)[O-])c(C(F)(F)F)c3)CC2)CC1.